The van der Waals surface area contributed by atoms with Gasteiger partial charge in [0.2, 0.25) is 0 Å². The Bertz CT molecular complexity index is 434. The minimum Gasteiger partial charge on any atom is -0.367 e. The van der Waals surface area contributed by atoms with E-state index in [1.807, 2.05) is 11.7 Å². The van der Waals surface area contributed by atoms with Gasteiger partial charge in [0.15, 0.2) is 0 Å². The fourth-order valence-electron chi connectivity index (χ4n) is 3.92. The molecule has 2 fully saturated rings. The molecule has 4 nitrogen and oxygen atoms in total. The van der Waals surface area contributed by atoms with Gasteiger partial charge in [0.05, 0.1) is 11.4 Å². The van der Waals surface area contributed by atoms with E-state index in [0.29, 0.717) is 6.04 Å². The van der Waals surface area contributed by atoms with E-state index in [1.165, 1.54) is 44.2 Å². The Hall–Kier alpha value is -1.03. The highest BCUT2D eigenvalue weighted by Crippen LogP contribution is 2.29. The van der Waals surface area contributed by atoms with Crippen LogP contribution in [0.15, 0.2) is 6.20 Å². The van der Waals surface area contributed by atoms with Crippen LogP contribution in [0.3, 0.4) is 0 Å². The summed E-state index contributed by atoms with van der Waals surface area (Å²) >= 11 is 0. The number of aryl methyl sites for hydroxylation is 2. The fourth-order valence-corrected chi connectivity index (χ4v) is 3.92. The highest BCUT2D eigenvalue weighted by atomic mass is 15.3. The van der Waals surface area contributed by atoms with Crippen molar-refractivity contribution in [3.63, 3.8) is 0 Å². The molecule has 1 aliphatic carbocycles. The molecule has 1 saturated heterocycles. The Morgan fingerprint density at radius 2 is 2.00 bits per heavy atom. The lowest BCUT2D eigenvalue weighted by atomic mass is 9.83. The third-order valence-corrected chi connectivity index (χ3v) is 4.98. The Morgan fingerprint density at radius 3 is 2.70 bits per heavy atom. The molecule has 1 unspecified atom stereocenters. The molecule has 3 rings (SSSR count). The van der Waals surface area contributed by atoms with Gasteiger partial charge in [-0.15, -0.1) is 0 Å². The average Bonchev–Trinajstić information content (AvgIpc) is 2.68. The number of hydrogen-bond acceptors (Lipinski definition) is 3. The van der Waals surface area contributed by atoms with E-state index in [9.17, 15) is 0 Å². The molecule has 0 radical (unpaired) electrons. The SMILES string of the molecule is Cc1nn(C)cc1N1CCCNC(C2CCCCC2)C1. The second kappa shape index (κ2) is 6.17. The summed E-state index contributed by atoms with van der Waals surface area (Å²) in [5.74, 6) is 0.876. The van der Waals surface area contributed by atoms with Crippen molar-refractivity contribution < 1.29 is 0 Å². The monoisotopic (exact) mass is 276 g/mol. The topological polar surface area (TPSA) is 33.1 Å². The molecule has 1 aliphatic heterocycles. The van der Waals surface area contributed by atoms with Gasteiger partial charge in [-0.05, 0) is 38.6 Å². The molecule has 1 atom stereocenters. The lowest BCUT2D eigenvalue weighted by Crippen LogP contribution is -2.43. The molecule has 4 heteroatoms. The zero-order valence-corrected chi connectivity index (χ0v) is 12.9. The maximum Gasteiger partial charge on any atom is 0.0827 e. The van der Waals surface area contributed by atoms with Gasteiger partial charge in [-0.2, -0.15) is 5.10 Å². The van der Waals surface area contributed by atoms with Crippen LogP contribution < -0.4 is 10.2 Å². The van der Waals surface area contributed by atoms with Crippen LogP contribution in [-0.2, 0) is 7.05 Å². The summed E-state index contributed by atoms with van der Waals surface area (Å²) in [6.07, 6.45) is 10.5. The summed E-state index contributed by atoms with van der Waals surface area (Å²) in [6, 6.07) is 0.664. The first kappa shape index (κ1) is 13.9. The molecule has 0 bridgehead atoms. The second-order valence-corrected chi connectivity index (χ2v) is 6.53. The van der Waals surface area contributed by atoms with E-state index in [1.54, 1.807) is 0 Å². The molecule has 0 spiro atoms. The summed E-state index contributed by atoms with van der Waals surface area (Å²) in [4.78, 5) is 2.56. The zero-order valence-electron chi connectivity index (χ0n) is 12.9. The summed E-state index contributed by atoms with van der Waals surface area (Å²) in [7, 11) is 2.02. The molecule has 2 aliphatic rings. The van der Waals surface area contributed by atoms with Crippen LogP contribution >= 0.6 is 0 Å². The third kappa shape index (κ3) is 3.00. The Kier molecular flexibility index (Phi) is 4.29. The van der Waals surface area contributed by atoms with Crippen molar-refractivity contribution in [1.29, 1.82) is 0 Å². The summed E-state index contributed by atoms with van der Waals surface area (Å²) in [5, 5.41) is 8.32. The van der Waals surface area contributed by atoms with Crippen LogP contribution in [0.1, 0.15) is 44.2 Å². The molecule has 0 amide bonds. The van der Waals surface area contributed by atoms with Crippen molar-refractivity contribution in [3.05, 3.63) is 11.9 Å². The molecule has 112 valence electrons. The highest BCUT2D eigenvalue weighted by molar-refractivity contribution is 5.49. The number of nitrogens with one attached hydrogen (secondary N) is 1. The smallest absolute Gasteiger partial charge is 0.0827 e. The molecular weight excluding hydrogens is 248 g/mol. The Morgan fingerprint density at radius 1 is 1.20 bits per heavy atom. The predicted octanol–water partition coefficient (Wildman–Crippen LogP) is 2.48. The summed E-state index contributed by atoms with van der Waals surface area (Å²) in [5.41, 5.74) is 2.49. The van der Waals surface area contributed by atoms with Crippen LogP contribution in [0, 0.1) is 12.8 Å². The number of nitrogens with zero attached hydrogens (tertiary/aromatic N) is 3. The van der Waals surface area contributed by atoms with Crippen molar-refractivity contribution in [2.24, 2.45) is 13.0 Å². The molecule has 1 aromatic heterocycles. The quantitative estimate of drug-likeness (QED) is 0.901. The van der Waals surface area contributed by atoms with Gasteiger partial charge in [-0.3, -0.25) is 4.68 Å². The second-order valence-electron chi connectivity index (χ2n) is 6.53. The molecule has 1 N–H and O–H groups in total. The maximum atomic E-state index is 4.51. The fraction of sp³-hybridized carbons (Fsp3) is 0.812. The minimum atomic E-state index is 0.664. The van der Waals surface area contributed by atoms with Crippen molar-refractivity contribution in [1.82, 2.24) is 15.1 Å². The van der Waals surface area contributed by atoms with Crippen molar-refractivity contribution >= 4 is 5.69 Å². The minimum absolute atomic E-state index is 0.664. The summed E-state index contributed by atoms with van der Waals surface area (Å²) in [6.45, 7) is 5.60. The normalized spacial score (nSPS) is 25.7. The van der Waals surface area contributed by atoms with Crippen molar-refractivity contribution in [2.45, 2.75) is 51.5 Å². The molecular formula is C16H28N4. The first-order valence-corrected chi connectivity index (χ1v) is 8.22. The van der Waals surface area contributed by atoms with Crippen LogP contribution in [-0.4, -0.2) is 35.5 Å². The molecule has 0 aromatic carbocycles. The first-order chi connectivity index (χ1) is 9.74. The molecule has 20 heavy (non-hydrogen) atoms. The number of anilines is 1. The number of aromatic nitrogens is 2. The van der Waals surface area contributed by atoms with Gasteiger partial charge < -0.3 is 10.2 Å². The van der Waals surface area contributed by atoms with Crippen LogP contribution in [0.25, 0.3) is 0 Å². The Labute approximate surface area is 122 Å². The average molecular weight is 276 g/mol. The van der Waals surface area contributed by atoms with Crippen LogP contribution in [0.4, 0.5) is 5.69 Å². The molecule has 1 saturated carbocycles. The van der Waals surface area contributed by atoms with Crippen LogP contribution in [0.5, 0.6) is 0 Å². The first-order valence-electron chi connectivity index (χ1n) is 8.22. The Balaban J connectivity index is 1.73. The van der Waals surface area contributed by atoms with Gasteiger partial charge in [0.1, 0.15) is 0 Å². The lowest BCUT2D eigenvalue weighted by Gasteiger charge is -2.33. The standard InChI is InChI=1S/C16H28N4/c1-13-16(12-19(2)18-13)20-10-6-9-17-15(11-20)14-7-4-3-5-8-14/h12,14-15,17H,3-11H2,1-2H3. The third-order valence-electron chi connectivity index (χ3n) is 4.98. The number of rotatable bonds is 2. The predicted molar refractivity (Wildman–Crippen MR) is 83.1 cm³/mol. The highest BCUT2D eigenvalue weighted by Gasteiger charge is 2.27. The van der Waals surface area contributed by atoms with E-state index in [2.05, 4.69) is 28.4 Å². The zero-order chi connectivity index (χ0) is 13.9. The molecule has 1 aromatic rings. The van der Waals surface area contributed by atoms with E-state index in [0.717, 1.165) is 31.2 Å². The van der Waals surface area contributed by atoms with E-state index in [-0.39, 0.29) is 0 Å². The van der Waals surface area contributed by atoms with E-state index in [4.69, 9.17) is 0 Å². The largest absolute Gasteiger partial charge is 0.367 e. The van der Waals surface area contributed by atoms with E-state index < -0.39 is 0 Å². The summed E-state index contributed by atoms with van der Waals surface area (Å²) < 4.78 is 1.94. The van der Waals surface area contributed by atoms with E-state index >= 15 is 0 Å². The van der Waals surface area contributed by atoms with Crippen LogP contribution in [0.2, 0.25) is 0 Å². The van der Waals surface area contributed by atoms with Crippen molar-refractivity contribution in [3.8, 4) is 0 Å². The van der Waals surface area contributed by atoms with Gasteiger partial charge in [-0.1, -0.05) is 19.3 Å². The maximum absolute atomic E-state index is 4.51. The van der Waals surface area contributed by atoms with Gasteiger partial charge >= 0.3 is 0 Å². The lowest BCUT2D eigenvalue weighted by molar-refractivity contribution is 0.277. The molecule has 2 heterocycles. The van der Waals surface area contributed by atoms with Gasteiger partial charge in [0.25, 0.3) is 0 Å². The van der Waals surface area contributed by atoms with Gasteiger partial charge in [0, 0.05) is 32.4 Å². The van der Waals surface area contributed by atoms with Gasteiger partial charge in [-0.25, -0.2) is 0 Å². The van der Waals surface area contributed by atoms with Crippen molar-refractivity contribution in [2.75, 3.05) is 24.5 Å². The number of hydrogen-bond donors (Lipinski definition) is 1.